The first kappa shape index (κ1) is 21.0. The minimum absolute atomic E-state index is 0.0254. The van der Waals surface area contributed by atoms with Gasteiger partial charge in [0.05, 0.1) is 18.7 Å². The molecule has 1 aliphatic heterocycles. The van der Waals surface area contributed by atoms with Gasteiger partial charge in [0.1, 0.15) is 11.5 Å². The van der Waals surface area contributed by atoms with Crippen molar-refractivity contribution in [1.82, 2.24) is 24.5 Å². The molecule has 4 heterocycles. The maximum Gasteiger partial charge on any atom is 0.233 e. The van der Waals surface area contributed by atoms with E-state index in [0.29, 0.717) is 30.5 Å². The summed E-state index contributed by atoms with van der Waals surface area (Å²) < 4.78 is 1.96. The van der Waals surface area contributed by atoms with Gasteiger partial charge >= 0.3 is 0 Å². The van der Waals surface area contributed by atoms with Gasteiger partial charge in [-0.2, -0.15) is 0 Å². The number of benzene rings is 1. The second-order valence-corrected chi connectivity index (χ2v) is 8.81. The molecular formula is C26H26N6O. The molecule has 5 rings (SSSR count). The lowest BCUT2D eigenvalue weighted by molar-refractivity contribution is -0.117. The Balaban J connectivity index is 1.44. The van der Waals surface area contributed by atoms with E-state index >= 15 is 0 Å². The lowest BCUT2D eigenvalue weighted by Gasteiger charge is -2.18. The van der Waals surface area contributed by atoms with Crippen LogP contribution in [0.15, 0.2) is 55.0 Å². The highest BCUT2D eigenvalue weighted by molar-refractivity contribution is 6.00. The number of amides is 1. The summed E-state index contributed by atoms with van der Waals surface area (Å²) in [6.07, 6.45) is 5.89. The molecule has 0 saturated heterocycles. The van der Waals surface area contributed by atoms with E-state index in [2.05, 4.69) is 34.9 Å². The number of carbonyl (C=O) groups excluding carboxylic acids is 1. The van der Waals surface area contributed by atoms with Crippen molar-refractivity contribution in [3.63, 3.8) is 0 Å². The molecule has 3 aromatic heterocycles. The van der Waals surface area contributed by atoms with Gasteiger partial charge in [-0.25, -0.2) is 15.0 Å². The van der Waals surface area contributed by atoms with Crippen LogP contribution in [0.4, 0.5) is 5.82 Å². The minimum atomic E-state index is 0.0254. The minimum Gasteiger partial charge on any atom is -0.332 e. The SMILES string of the molecule is Cc1cn(C)c(-c2ccc(CN3C(=O)Cc4cnc(-c5ccccc5C(C)C)nc43)cn2)n1. The molecule has 0 saturated carbocycles. The van der Waals surface area contributed by atoms with Crippen molar-refractivity contribution in [2.75, 3.05) is 4.90 Å². The van der Waals surface area contributed by atoms with Crippen molar-refractivity contribution in [2.24, 2.45) is 7.05 Å². The first-order chi connectivity index (χ1) is 15.9. The number of imidazole rings is 1. The molecule has 166 valence electrons. The van der Waals surface area contributed by atoms with Gasteiger partial charge in [-0.1, -0.05) is 44.2 Å². The molecule has 1 aliphatic rings. The number of pyridine rings is 1. The monoisotopic (exact) mass is 438 g/mol. The van der Waals surface area contributed by atoms with E-state index < -0.39 is 0 Å². The number of fused-ring (bicyclic) bond motifs is 1. The molecule has 0 fully saturated rings. The number of anilines is 1. The van der Waals surface area contributed by atoms with E-state index in [9.17, 15) is 4.79 Å². The second-order valence-electron chi connectivity index (χ2n) is 8.81. The third-order valence-electron chi connectivity index (χ3n) is 5.96. The van der Waals surface area contributed by atoms with Crippen LogP contribution in [-0.2, 0) is 24.8 Å². The van der Waals surface area contributed by atoms with Crippen LogP contribution in [0.2, 0.25) is 0 Å². The average molecular weight is 439 g/mol. The van der Waals surface area contributed by atoms with E-state index in [1.54, 1.807) is 17.3 Å². The van der Waals surface area contributed by atoms with Gasteiger partial charge in [0.15, 0.2) is 11.6 Å². The highest BCUT2D eigenvalue weighted by Crippen LogP contribution is 2.32. The molecule has 0 atom stereocenters. The first-order valence-electron chi connectivity index (χ1n) is 11.1. The topological polar surface area (TPSA) is 76.8 Å². The van der Waals surface area contributed by atoms with Gasteiger partial charge in [0.2, 0.25) is 5.91 Å². The van der Waals surface area contributed by atoms with Crippen LogP contribution >= 0.6 is 0 Å². The maximum atomic E-state index is 12.8. The number of hydrogen-bond acceptors (Lipinski definition) is 5. The molecule has 7 heteroatoms. The Labute approximate surface area is 193 Å². The molecule has 0 N–H and O–H groups in total. The molecule has 1 amide bonds. The number of aromatic nitrogens is 5. The van der Waals surface area contributed by atoms with Crippen molar-refractivity contribution in [3.8, 4) is 22.9 Å². The number of nitrogens with zero attached hydrogens (tertiary/aromatic N) is 6. The Kier molecular flexibility index (Phi) is 5.24. The molecular weight excluding hydrogens is 412 g/mol. The molecule has 4 aromatic rings. The van der Waals surface area contributed by atoms with Crippen molar-refractivity contribution in [3.05, 3.63) is 77.4 Å². The van der Waals surface area contributed by atoms with Crippen LogP contribution in [0.1, 0.15) is 42.1 Å². The first-order valence-corrected chi connectivity index (χ1v) is 11.1. The van der Waals surface area contributed by atoms with E-state index in [1.165, 1.54) is 5.56 Å². The summed E-state index contributed by atoms with van der Waals surface area (Å²) in [7, 11) is 1.96. The highest BCUT2D eigenvalue weighted by Gasteiger charge is 2.30. The van der Waals surface area contributed by atoms with Crippen LogP contribution in [0.5, 0.6) is 0 Å². The van der Waals surface area contributed by atoms with Crippen molar-refractivity contribution in [1.29, 1.82) is 0 Å². The van der Waals surface area contributed by atoms with Crippen molar-refractivity contribution in [2.45, 2.75) is 39.7 Å². The Morgan fingerprint density at radius 3 is 2.55 bits per heavy atom. The predicted molar refractivity (Wildman–Crippen MR) is 128 cm³/mol. The molecule has 0 bridgehead atoms. The third-order valence-corrected chi connectivity index (χ3v) is 5.96. The summed E-state index contributed by atoms with van der Waals surface area (Å²) in [4.78, 5) is 33.1. The van der Waals surface area contributed by atoms with Crippen LogP contribution in [0.3, 0.4) is 0 Å². The number of carbonyl (C=O) groups is 1. The number of hydrogen-bond donors (Lipinski definition) is 0. The third kappa shape index (κ3) is 3.91. The summed E-state index contributed by atoms with van der Waals surface area (Å²) in [6, 6.07) is 12.1. The molecule has 33 heavy (non-hydrogen) atoms. The van der Waals surface area contributed by atoms with Crippen molar-refractivity contribution >= 4 is 11.7 Å². The largest absolute Gasteiger partial charge is 0.332 e. The summed E-state index contributed by atoms with van der Waals surface area (Å²) >= 11 is 0. The molecule has 0 unspecified atom stereocenters. The van der Waals surface area contributed by atoms with Crippen LogP contribution in [0.25, 0.3) is 22.9 Å². The van der Waals surface area contributed by atoms with Crippen molar-refractivity contribution < 1.29 is 4.79 Å². The molecule has 1 aromatic carbocycles. The molecule has 0 spiro atoms. The van der Waals surface area contributed by atoms with E-state index in [0.717, 1.165) is 33.9 Å². The van der Waals surface area contributed by atoms with E-state index in [1.807, 2.05) is 55.1 Å². The van der Waals surface area contributed by atoms with Gasteiger partial charge in [0.25, 0.3) is 0 Å². The van der Waals surface area contributed by atoms with Gasteiger partial charge in [-0.15, -0.1) is 0 Å². The zero-order valence-electron chi connectivity index (χ0n) is 19.3. The molecule has 0 aliphatic carbocycles. The van der Waals surface area contributed by atoms with Gasteiger partial charge in [-0.3, -0.25) is 14.7 Å². The average Bonchev–Trinajstić information content (AvgIpc) is 3.31. The fraction of sp³-hybridized carbons (Fsp3) is 0.269. The Morgan fingerprint density at radius 2 is 1.85 bits per heavy atom. The zero-order valence-corrected chi connectivity index (χ0v) is 19.3. The molecule has 0 radical (unpaired) electrons. The summed E-state index contributed by atoms with van der Waals surface area (Å²) in [5.74, 6) is 2.53. The van der Waals surface area contributed by atoms with Crippen LogP contribution in [0, 0.1) is 6.92 Å². The van der Waals surface area contributed by atoms with Crippen LogP contribution in [-0.4, -0.2) is 30.4 Å². The standard InChI is InChI=1S/C26H26N6O/c1-16(2)20-7-5-6-8-21(20)24-28-13-19-11-23(33)32(25(19)30-24)15-18-9-10-22(27-12-18)26-29-17(3)14-31(26)4/h5-10,12-14,16H,11,15H2,1-4H3. The van der Waals surface area contributed by atoms with Crippen LogP contribution < -0.4 is 4.90 Å². The fourth-order valence-electron chi connectivity index (χ4n) is 4.32. The lowest BCUT2D eigenvalue weighted by Crippen LogP contribution is -2.26. The predicted octanol–water partition coefficient (Wildman–Crippen LogP) is 4.46. The Hall–Kier alpha value is -3.87. The van der Waals surface area contributed by atoms with Gasteiger partial charge in [0, 0.05) is 36.8 Å². The van der Waals surface area contributed by atoms with Gasteiger partial charge < -0.3 is 4.57 Å². The zero-order chi connectivity index (χ0) is 23.1. The lowest BCUT2D eigenvalue weighted by atomic mass is 9.97. The van der Waals surface area contributed by atoms with E-state index in [4.69, 9.17) is 4.98 Å². The second kappa shape index (κ2) is 8.24. The molecule has 7 nitrogen and oxygen atoms in total. The maximum absolute atomic E-state index is 12.8. The summed E-state index contributed by atoms with van der Waals surface area (Å²) in [5.41, 5.74) is 5.75. The smallest absolute Gasteiger partial charge is 0.233 e. The Morgan fingerprint density at radius 1 is 1.03 bits per heavy atom. The normalized spacial score (nSPS) is 13.1. The number of aryl methyl sites for hydroxylation is 2. The fourth-order valence-corrected chi connectivity index (χ4v) is 4.32. The van der Waals surface area contributed by atoms with Gasteiger partial charge in [-0.05, 0) is 30.0 Å². The highest BCUT2D eigenvalue weighted by atomic mass is 16.2. The summed E-state index contributed by atoms with van der Waals surface area (Å²) in [5, 5.41) is 0. The summed E-state index contributed by atoms with van der Waals surface area (Å²) in [6.45, 7) is 6.70. The quantitative estimate of drug-likeness (QED) is 0.460. The Bertz CT molecular complexity index is 1340. The van der Waals surface area contributed by atoms with E-state index in [-0.39, 0.29) is 5.91 Å². The number of rotatable bonds is 5.